The second-order valence-electron chi connectivity index (χ2n) is 6.81. The van der Waals surface area contributed by atoms with Gasteiger partial charge in [0, 0.05) is 32.3 Å². The second kappa shape index (κ2) is 6.44. The Morgan fingerprint density at radius 3 is 2.84 bits per heavy atom. The summed E-state index contributed by atoms with van der Waals surface area (Å²) >= 11 is 0. The van der Waals surface area contributed by atoms with Gasteiger partial charge in [0.15, 0.2) is 0 Å². The third-order valence-corrected chi connectivity index (χ3v) is 4.58. The van der Waals surface area contributed by atoms with Crippen LogP contribution in [0.4, 0.5) is 11.8 Å². The zero-order valence-corrected chi connectivity index (χ0v) is 14.4. The average Bonchev–Trinajstić information content (AvgIpc) is 3.36. The van der Waals surface area contributed by atoms with E-state index in [9.17, 15) is 4.79 Å². The molecule has 132 valence electrons. The molecule has 2 atom stereocenters. The van der Waals surface area contributed by atoms with E-state index in [-0.39, 0.29) is 17.6 Å². The number of anilines is 2. The first kappa shape index (κ1) is 16.0. The van der Waals surface area contributed by atoms with Crippen LogP contribution in [-0.2, 0) is 4.74 Å². The van der Waals surface area contributed by atoms with Crippen LogP contribution in [0.5, 0.6) is 0 Å². The maximum Gasteiger partial charge on any atom is 0.267 e. The van der Waals surface area contributed by atoms with Gasteiger partial charge in [-0.05, 0) is 25.0 Å². The Kier molecular flexibility index (Phi) is 4.12. The van der Waals surface area contributed by atoms with E-state index in [1.807, 2.05) is 31.1 Å². The van der Waals surface area contributed by atoms with Gasteiger partial charge >= 0.3 is 0 Å². The average molecular weight is 342 g/mol. The van der Waals surface area contributed by atoms with Crippen LogP contribution in [0.15, 0.2) is 29.2 Å². The number of nitrogens with one attached hydrogen (secondary N) is 1. The molecule has 0 radical (unpaired) electrons. The van der Waals surface area contributed by atoms with Gasteiger partial charge in [0.05, 0.1) is 24.9 Å². The van der Waals surface area contributed by atoms with Gasteiger partial charge in [0.2, 0.25) is 5.95 Å². The van der Waals surface area contributed by atoms with Crippen LogP contribution in [-0.4, -0.2) is 53.1 Å². The molecule has 0 aromatic carbocycles. The van der Waals surface area contributed by atoms with Crippen molar-refractivity contribution in [2.75, 3.05) is 37.5 Å². The molecule has 25 heavy (non-hydrogen) atoms. The summed E-state index contributed by atoms with van der Waals surface area (Å²) in [5.41, 5.74) is 0.908. The highest BCUT2D eigenvalue weighted by molar-refractivity contribution is 5.41. The zero-order chi connectivity index (χ0) is 17.4. The molecule has 2 fully saturated rings. The van der Waals surface area contributed by atoms with Crippen molar-refractivity contribution in [2.24, 2.45) is 0 Å². The molecular weight excluding hydrogens is 320 g/mol. The summed E-state index contributed by atoms with van der Waals surface area (Å²) < 4.78 is 7.20. The van der Waals surface area contributed by atoms with Gasteiger partial charge in [-0.1, -0.05) is 0 Å². The molecule has 2 aromatic rings. The summed E-state index contributed by atoms with van der Waals surface area (Å²) in [5.74, 6) is 1.85. The molecular formula is C17H22N6O2. The van der Waals surface area contributed by atoms with Crippen molar-refractivity contribution >= 4 is 11.8 Å². The maximum absolute atomic E-state index is 12.3. The molecule has 2 aromatic heterocycles. The predicted molar refractivity (Wildman–Crippen MR) is 94.1 cm³/mol. The minimum absolute atomic E-state index is 0.0652. The molecule has 1 N–H and O–H groups in total. The Morgan fingerprint density at radius 1 is 1.24 bits per heavy atom. The standard InChI is InChI=1S/C17H22N6O2/c1-22(2)17-18-8-7-15(20-17)19-13-9-25-10-14(13)23-16(24)6-5-12(21-23)11-3-4-11/h5-8,11,13-14H,3-4,9-10H2,1-2H3,(H,18,19,20). The van der Waals surface area contributed by atoms with Gasteiger partial charge in [-0.25, -0.2) is 9.67 Å². The molecule has 4 rings (SSSR count). The van der Waals surface area contributed by atoms with E-state index in [0.717, 1.165) is 18.5 Å². The Balaban J connectivity index is 1.57. The van der Waals surface area contributed by atoms with Crippen molar-refractivity contribution in [3.05, 3.63) is 40.4 Å². The molecule has 1 saturated heterocycles. The van der Waals surface area contributed by atoms with Crippen LogP contribution in [0, 0.1) is 0 Å². The van der Waals surface area contributed by atoms with Crippen LogP contribution in [0.1, 0.15) is 30.5 Å². The normalized spacial score (nSPS) is 22.8. The van der Waals surface area contributed by atoms with E-state index in [2.05, 4.69) is 20.4 Å². The zero-order valence-electron chi connectivity index (χ0n) is 14.4. The number of nitrogens with zero attached hydrogens (tertiary/aromatic N) is 5. The van der Waals surface area contributed by atoms with Crippen LogP contribution in [0.25, 0.3) is 0 Å². The minimum atomic E-state index is -0.149. The highest BCUT2D eigenvalue weighted by Crippen LogP contribution is 2.38. The summed E-state index contributed by atoms with van der Waals surface area (Å²) in [5, 5.41) is 7.97. The van der Waals surface area contributed by atoms with Gasteiger partial charge in [-0.2, -0.15) is 10.1 Å². The summed E-state index contributed by atoms with van der Waals surface area (Å²) in [6.07, 6.45) is 4.03. The van der Waals surface area contributed by atoms with Crippen LogP contribution < -0.4 is 15.8 Å². The molecule has 2 aliphatic rings. The van der Waals surface area contributed by atoms with Crippen LogP contribution >= 0.6 is 0 Å². The molecule has 0 spiro atoms. The number of hydrogen-bond acceptors (Lipinski definition) is 7. The van der Waals surface area contributed by atoms with E-state index in [0.29, 0.717) is 30.9 Å². The summed E-state index contributed by atoms with van der Waals surface area (Å²) in [6.45, 7) is 0.970. The molecule has 8 nitrogen and oxygen atoms in total. The minimum Gasteiger partial charge on any atom is -0.377 e. The number of rotatable bonds is 5. The lowest BCUT2D eigenvalue weighted by Gasteiger charge is -2.21. The highest BCUT2D eigenvalue weighted by Gasteiger charge is 2.33. The fourth-order valence-corrected chi connectivity index (χ4v) is 3.03. The molecule has 3 heterocycles. The fourth-order valence-electron chi connectivity index (χ4n) is 3.03. The van der Waals surface area contributed by atoms with Crippen molar-refractivity contribution in [3.8, 4) is 0 Å². The Hall–Kier alpha value is -2.48. The molecule has 1 saturated carbocycles. The lowest BCUT2D eigenvalue weighted by Crippen LogP contribution is -2.37. The highest BCUT2D eigenvalue weighted by atomic mass is 16.5. The fraction of sp³-hybridized carbons (Fsp3) is 0.529. The molecule has 8 heteroatoms. The summed E-state index contributed by atoms with van der Waals surface area (Å²) in [6, 6.07) is 5.07. The molecule has 1 aliphatic heterocycles. The van der Waals surface area contributed by atoms with Crippen molar-refractivity contribution in [1.29, 1.82) is 0 Å². The van der Waals surface area contributed by atoms with Crippen molar-refractivity contribution < 1.29 is 4.74 Å². The third-order valence-electron chi connectivity index (χ3n) is 4.58. The largest absolute Gasteiger partial charge is 0.377 e. The Labute approximate surface area is 145 Å². The Bertz CT molecular complexity index is 817. The molecule has 1 aliphatic carbocycles. The maximum atomic E-state index is 12.3. The van der Waals surface area contributed by atoms with Crippen molar-refractivity contribution in [3.63, 3.8) is 0 Å². The van der Waals surface area contributed by atoms with Gasteiger partial charge in [-0.3, -0.25) is 4.79 Å². The number of hydrogen-bond donors (Lipinski definition) is 1. The van der Waals surface area contributed by atoms with Crippen LogP contribution in [0.3, 0.4) is 0 Å². The van der Waals surface area contributed by atoms with E-state index in [1.54, 1.807) is 16.9 Å². The lowest BCUT2D eigenvalue weighted by atomic mass is 10.1. The van der Waals surface area contributed by atoms with E-state index < -0.39 is 0 Å². The van der Waals surface area contributed by atoms with E-state index in [4.69, 9.17) is 4.74 Å². The predicted octanol–water partition coefficient (Wildman–Crippen LogP) is 1.03. The van der Waals surface area contributed by atoms with Gasteiger partial charge in [0.25, 0.3) is 5.56 Å². The first-order chi connectivity index (χ1) is 12.1. The Morgan fingerprint density at radius 2 is 2.08 bits per heavy atom. The monoisotopic (exact) mass is 342 g/mol. The number of ether oxygens (including phenoxy) is 1. The van der Waals surface area contributed by atoms with Gasteiger partial charge < -0.3 is 15.0 Å². The van der Waals surface area contributed by atoms with E-state index >= 15 is 0 Å². The smallest absolute Gasteiger partial charge is 0.267 e. The second-order valence-corrected chi connectivity index (χ2v) is 6.81. The summed E-state index contributed by atoms with van der Waals surface area (Å²) in [7, 11) is 3.79. The van der Waals surface area contributed by atoms with Crippen molar-refractivity contribution in [2.45, 2.75) is 30.8 Å². The van der Waals surface area contributed by atoms with Crippen LogP contribution in [0.2, 0.25) is 0 Å². The summed E-state index contributed by atoms with van der Waals surface area (Å²) in [4.78, 5) is 22.9. The lowest BCUT2D eigenvalue weighted by molar-refractivity contribution is 0.182. The third kappa shape index (κ3) is 3.34. The first-order valence-corrected chi connectivity index (χ1v) is 8.56. The molecule has 0 bridgehead atoms. The SMILES string of the molecule is CN(C)c1nccc(NC2COCC2n2nc(C3CC3)ccc2=O)n1. The van der Waals surface area contributed by atoms with Gasteiger partial charge in [0.1, 0.15) is 11.9 Å². The molecule has 0 amide bonds. The topological polar surface area (TPSA) is 85.2 Å². The molecule has 2 unspecified atom stereocenters. The van der Waals surface area contributed by atoms with Gasteiger partial charge in [-0.15, -0.1) is 0 Å². The van der Waals surface area contributed by atoms with Crippen molar-refractivity contribution in [1.82, 2.24) is 19.7 Å². The first-order valence-electron chi connectivity index (χ1n) is 8.56. The quantitative estimate of drug-likeness (QED) is 0.868. The van der Waals surface area contributed by atoms with E-state index in [1.165, 1.54) is 0 Å². The number of aromatic nitrogens is 4.